The summed E-state index contributed by atoms with van der Waals surface area (Å²) in [7, 11) is -3.41. The van der Waals surface area contributed by atoms with Crippen LogP contribution in [0.3, 0.4) is 0 Å². The fraction of sp³-hybridized carbons (Fsp3) is 0.593. The van der Waals surface area contributed by atoms with Gasteiger partial charge in [0.05, 0.1) is 29.7 Å². The number of ether oxygens (including phenoxy) is 1. The van der Waals surface area contributed by atoms with E-state index in [1.54, 1.807) is 13.8 Å². The summed E-state index contributed by atoms with van der Waals surface area (Å²) in [6.07, 6.45) is 4.36. The van der Waals surface area contributed by atoms with Gasteiger partial charge in [0.1, 0.15) is 11.0 Å². The molecule has 0 unspecified atom stereocenters. The van der Waals surface area contributed by atoms with Crippen molar-refractivity contribution in [2.24, 2.45) is 5.41 Å². The van der Waals surface area contributed by atoms with Gasteiger partial charge < -0.3 is 9.64 Å². The maximum Gasteiger partial charge on any atom is 0.410 e. The second kappa shape index (κ2) is 9.87. The van der Waals surface area contributed by atoms with Gasteiger partial charge in [-0.3, -0.25) is 9.80 Å². The van der Waals surface area contributed by atoms with Gasteiger partial charge in [-0.15, -0.1) is 0 Å². The van der Waals surface area contributed by atoms with Gasteiger partial charge >= 0.3 is 6.09 Å². The highest BCUT2D eigenvalue weighted by Gasteiger charge is 2.54. The van der Waals surface area contributed by atoms with Gasteiger partial charge in [-0.05, 0) is 46.1 Å². The number of amides is 1. The van der Waals surface area contributed by atoms with Gasteiger partial charge in [0.2, 0.25) is 5.95 Å². The lowest BCUT2D eigenvalue weighted by molar-refractivity contribution is -0.137. The maximum absolute atomic E-state index is 13.1. The van der Waals surface area contributed by atoms with Gasteiger partial charge in [-0.2, -0.15) is 0 Å². The Labute approximate surface area is 219 Å². The van der Waals surface area contributed by atoms with E-state index < -0.39 is 15.1 Å². The van der Waals surface area contributed by atoms with E-state index in [0.717, 1.165) is 32.5 Å². The minimum Gasteiger partial charge on any atom is -0.446 e. The Kier molecular flexibility index (Phi) is 6.91. The van der Waals surface area contributed by atoms with Crippen molar-refractivity contribution >= 4 is 21.9 Å². The van der Waals surface area contributed by atoms with Gasteiger partial charge in [-0.25, -0.2) is 23.2 Å². The first kappa shape index (κ1) is 25.9. The lowest BCUT2D eigenvalue weighted by Gasteiger charge is -2.58. The molecule has 0 radical (unpaired) electrons. The first-order chi connectivity index (χ1) is 17.6. The molecular weight excluding hydrogens is 490 g/mol. The molecule has 1 spiro atoms. The van der Waals surface area contributed by atoms with Crippen molar-refractivity contribution in [3.8, 4) is 0 Å². The number of benzene rings is 1. The zero-order valence-electron chi connectivity index (χ0n) is 22.1. The molecule has 5 rings (SSSR count). The van der Waals surface area contributed by atoms with Gasteiger partial charge in [0.25, 0.3) is 0 Å². The standard InChI is InChI=1S/C27H37N5O4S/c1-19(2)37(34,35)24-12-28-25(29-13-24)31-14-20(3)32(21(4)15-31)26(33)36-23-10-27(11-23)17-30(18-27)16-22-8-6-5-7-9-22/h5-9,12-13,19-21,23H,10-11,14-18H2,1-4H3/t20-,21+. The molecule has 2 aromatic rings. The van der Waals surface area contributed by atoms with Crippen molar-refractivity contribution in [2.45, 2.75) is 75.4 Å². The Bertz CT molecular complexity index is 1200. The molecule has 2 saturated heterocycles. The lowest BCUT2D eigenvalue weighted by Crippen LogP contribution is -2.65. The predicted octanol–water partition coefficient (Wildman–Crippen LogP) is 3.36. The Hall–Kier alpha value is -2.72. The number of sulfone groups is 1. The van der Waals surface area contributed by atoms with Crippen LogP contribution in [0.25, 0.3) is 0 Å². The van der Waals surface area contributed by atoms with E-state index in [-0.39, 0.29) is 29.2 Å². The van der Waals surface area contributed by atoms with Crippen LogP contribution in [0.15, 0.2) is 47.6 Å². The van der Waals surface area contributed by atoms with Crippen molar-refractivity contribution < 1.29 is 17.9 Å². The number of rotatable bonds is 6. The SMILES string of the molecule is CC(C)S(=O)(=O)c1cnc(N2C[C@@H](C)N(C(=O)OC3CC4(C3)CN(Cc3ccccc3)C4)[C@@H](C)C2)nc1. The molecule has 1 aliphatic carbocycles. The number of piperazine rings is 1. The van der Waals surface area contributed by atoms with Gasteiger partial charge in [0.15, 0.2) is 9.84 Å². The Balaban J connectivity index is 1.10. The molecule has 3 heterocycles. The average Bonchev–Trinajstić information content (AvgIpc) is 2.81. The molecule has 3 aliphatic rings. The average molecular weight is 528 g/mol. The molecule has 200 valence electrons. The summed E-state index contributed by atoms with van der Waals surface area (Å²) in [6, 6.07) is 10.4. The molecule has 9 nitrogen and oxygen atoms in total. The van der Waals surface area contributed by atoms with Crippen LogP contribution in [-0.2, 0) is 21.1 Å². The quantitative estimate of drug-likeness (QED) is 0.564. The summed E-state index contributed by atoms with van der Waals surface area (Å²) < 4.78 is 30.6. The molecule has 3 fully saturated rings. The van der Waals surface area contributed by atoms with Crippen LogP contribution in [0.2, 0.25) is 0 Å². The Morgan fingerprint density at radius 1 is 1.05 bits per heavy atom. The van der Waals surface area contributed by atoms with Crippen LogP contribution < -0.4 is 4.90 Å². The number of carbonyl (C=O) groups excluding carboxylic acids is 1. The number of nitrogens with zero attached hydrogens (tertiary/aromatic N) is 5. The molecule has 2 aliphatic heterocycles. The van der Waals surface area contributed by atoms with E-state index in [4.69, 9.17) is 4.74 Å². The highest BCUT2D eigenvalue weighted by molar-refractivity contribution is 7.92. The summed E-state index contributed by atoms with van der Waals surface area (Å²) >= 11 is 0. The van der Waals surface area contributed by atoms with E-state index >= 15 is 0 Å². The number of hydrogen-bond donors (Lipinski definition) is 0. The van der Waals surface area contributed by atoms with Crippen molar-refractivity contribution in [1.82, 2.24) is 19.8 Å². The highest BCUT2D eigenvalue weighted by Crippen LogP contribution is 2.50. The summed E-state index contributed by atoms with van der Waals surface area (Å²) in [5, 5.41) is -0.528. The molecule has 0 bridgehead atoms. The second-order valence-corrected chi connectivity index (χ2v) is 13.9. The van der Waals surface area contributed by atoms with Crippen LogP contribution in [0, 0.1) is 5.41 Å². The van der Waals surface area contributed by atoms with Gasteiger partial charge in [0, 0.05) is 38.1 Å². The number of anilines is 1. The predicted molar refractivity (Wildman–Crippen MR) is 141 cm³/mol. The molecule has 37 heavy (non-hydrogen) atoms. The van der Waals surface area contributed by atoms with Crippen molar-refractivity contribution in [3.05, 3.63) is 48.3 Å². The third kappa shape index (κ3) is 5.18. The fourth-order valence-electron chi connectivity index (χ4n) is 6.04. The topological polar surface area (TPSA) is 95.9 Å². The molecule has 0 N–H and O–H groups in total. The van der Waals surface area contributed by atoms with Crippen LogP contribution in [0.5, 0.6) is 0 Å². The molecular formula is C27H37N5O4S. The van der Waals surface area contributed by atoms with Crippen molar-refractivity contribution in [2.75, 3.05) is 31.1 Å². The van der Waals surface area contributed by atoms with Gasteiger partial charge in [-0.1, -0.05) is 30.3 Å². The molecule has 2 atom stereocenters. The van der Waals surface area contributed by atoms with Crippen molar-refractivity contribution in [1.29, 1.82) is 0 Å². The number of carbonyl (C=O) groups is 1. The summed E-state index contributed by atoms with van der Waals surface area (Å²) in [5.74, 6) is 0.473. The van der Waals surface area contributed by atoms with E-state index in [9.17, 15) is 13.2 Å². The first-order valence-corrected chi connectivity index (χ1v) is 14.7. The lowest BCUT2D eigenvalue weighted by atomic mass is 9.61. The zero-order chi connectivity index (χ0) is 26.4. The smallest absolute Gasteiger partial charge is 0.410 e. The monoisotopic (exact) mass is 527 g/mol. The summed E-state index contributed by atoms with van der Waals surface area (Å²) in [4.78, 5) is 28.1. The minimum absolute atomic E-state index is 0.0115. The second-order valence-electron chi connectivity index (χ2n) is 11.4. The third-order valence-electron chi connectivity index (χ3n) is 7.93. The van der Waals surface area contributed by atoms with E-state index in [1.165, 1.54) is 18.0 Å². The van der Waals surface area contributed by atoms with E-state index in [0.29, 0.717) is 24.5 Å². The summed E-state index contributed by atoms with van der Waals surface area (Å²) in [6.45, 7) is 11.5. The third-order valence-corrected chi connectivity index (χ3v) is 10.0. The number of hydrogen-bond acceptors (Lipinski definition) is 8. The highest BCUT2D eigenvalue weighted by atomic mass is 32.2. The van der Waals surface area contributed by atoms with E-state index in [2.05, 4.69) is 39.1 Å². The Morgan fingerprint density at radius 2 is 1.65 bits per heavy atom. The van der Waals surface area contributed by atoms with Crippen LogP contribution in [0.4, 0.5) is 10.7 Å². The molecule has 10 heteroatoms. The molecule has 1 saturated carbocycles. The summed E-state index contributed by atoms with van der Waals surface area (Å²) in [5.41, 5.74) is 1.64. The van der Waals surface area contributed by atoms with E-state index in [1.807, 2.05) is 29.7 Å². The van der Waals surface area contributed by atoms with Crippen LogP contribution in [-0.4, -0.2) is 83.9 Å². The van der Waals surface area contributed by atoms with Crippen LogP contribution in [0.1, 0.15) is 46.1 Å². The Morgan fingerprint density at radius 3 is 2.22 bits per heavy atom. The number of aromatic nitrogens is 2. The van der Waals surface area contributed by atoms with Crippen molar-refractivity contribution in [3.63, 3.8) is 0 Å². The molecule has 1 aromatic heterocycles. The normalized spacial score (nSPS) is 24.1. The zero-order valence-corrected chi connectivity index (χ0v) is 22.9. The fourth-order valence-corrected chi connectivity index (χ4v) is 6.99. The largest absolute Gasteiger partial charge is 0.446 e. The number of likely N-dealkylation sites (tertiary alicyclic amines) is 1. The maximum atomic E-state index is 13.1. The van der Waals surface area contributed by atoms with Crippen LogP contribution >= 0.6 is 0 Å². The molecule has 1 aromatic carbocycles. The minimum atomic E-state index is -3.41. The first-order valence-electron chi connectivity index (χ1n) is 13.1. The molecule has 1 amide bonds.